The molecule has 142 valence electrons. The quantitative estimate of drug-likeness (QED) is 0.343. The lowest BCUT2D eigenvalue weighted by molar-refractivity contribution is 0.795. The minimum Gasteiger partial charge on any atom is -0.381 e. The van der Waals surface area contributed by atoms with E-state index < -0.39 is 0 Å². The van der Waals surface area contributed by atoms with Gasteiger partial charge in [0.25, 0.3) is 0 Å². The van der Waals surface area contributed by atoms with Crippen molar-refractivity contribution in [3.05, 3.63) is 83.9 Å². The Hall–Kier alpha value is -3.27. The standard InChI is InChI=1S/C24H26N4/c1-2-3-7-18-10-12-20(13-11-18)26-24-27-22-15-14-21(16-23(22)28-24)25-17-19-8-5-4-6-9-19/h4-6,8-16,25H,2-3,7,17H2,1H3,(H2,26,27,28). The lowest BCUT2D eigenvalue weighted by Gasteiger charge is -2.06. The maximum atomic E-state index is 4.64. The highest BCUT2D eigenvalue weighted by Crippen LogP contribution is 2.22. The number of H-pyrrole nitrogens is 1. The summed E-state index contributed by atoms with van der Waals surface area (Å²) in [6.45, 7) is 3.02. The number of hydrogen-bond donors (Lipinski definition) is 3. The van der Waals surface area contributed by atoms with Crippen LogP contribution in [0.3, 0.4) is 0 Å². The van der Waals surface area contributed by atoms with Crippen molar-refractivity contribution in [2.24, 2.45) is 0 Å². The minimum atomic E-state index is 0.761. The van der Waals surface area contributed by atoms with Crippen LogP contribution in [0.4, 0.5) is 17.3 Å². The first-order chi connectivity index (χ1) is 13.8. The summed E-state index contributed by atoms with van der Waals surface area (Å²) >= 11 is 0. The second-order valence-electron chi connectivity index (χ2n) is 7.08. The van der Waals surface area contributed by atoms with Crippen molar-refractivity contribution in [3.8, 4) is 0 Å². The third kappa shape index (κ3) is 4.52. The normalized spacial score (nSPS) is 10.9. The molecule has 4 rings (SSSR count). The van der Waals surface area contributed by atoms with Gasteiger partial charge in [0.05, 0.1) is 11.0 Å². The van der Waals surface area contributed by atoms with Gasteiger partial charge in [0.1, 0.15) is 0 Å². The fraction of sp³-hybridized carbons (Fsp3) is 0.208. The van der Waals surface area contributed by atoms with Gasteiger partial charge in [-0.3, -0.25) is 0 Å². The van der Waals surface area contributed by atoms with Crippen molar-refractivity contribution >= 4 is 28.4 Å². The van der Waals surface area contributed by atoms with Crippen LogP contribution in [0, 0.1) is 0 Å². The Kier molecular flexibility index (Phi) is 5.57. The van der Waals surface area contributed by atoms with Gasteiger partial charge in [-0.05, 0) is 54.3 Å². The van der Waals surface area contributed by atoms with E-state index in [4.69, 9.17) is 0 Å². The van der Waals surface area contributed by atoms with Crippen molar-refractivity contribution in [3.63, 3.8) is 0 Å². The number of rotatable bonds is 8. The molecule has 0 saturated heterocycles. The lowest BCUT2D eigenvalue weighted by atomic mass is 10.1. The van der Waals surface area contributed by atoms with Crippen LogP contribution in [0.1, 0.15) is 30.9 Å². The molecule has 0 bridgehead atoms. The molecular weight excluding hydrogens is 344 g/mol. The van der Waals surface area contributed by atoms with Crippen LogP contribution in [-0.4, -0.2) is 9.97 Å². The topological polar surface area (TPSA) is 52.7 Å². The van der Waals surface area contributed by atoms with E-state index in [9.17, 15) is 0 Å². The number of nitrogens with zero attached hydrogens (tertiary/aromatic N) is 1. The summed E-state index contributed by atoms with van der Waals surface area (Å²) in [5, 5.41) is 6.83. The molecule has 0 amide bonds. The predicted molar refractivity (Wildman–Crippen MR) is 118 cm³/mol. The minimum absolute atomic E-state index is 0.761. The highest BCUT2D eigenvalue weighted by atomic mass is 15.1. The number of unbranched alkanes of at least 4 members (excludes halogenated alkanes) is 1. The molecule has 1 aromatic heterocycles. The third-order valence-corrected chi connectivity index (χ3v) is 4.86. The third-order valence-electron chi connectivity index (χ3n) is 4.86. The Labute approximate surface area is 166 Å². The first-order valence-corrected chi connectivity index (χ1v) is 9.94. The number of aryl methyl sites for hydroxylation is 1. The molecule has 3 N–H and O–H groups in total. The second kappa shape index (κ2) is 8.61. The van der Waals surface area contributed by atoms with Crippen LogP contribution >= 0.6 is 0 Å². The summed E-state index contributed by atoms with van der Waals surface area (Å²) < 4.78 is 0. The van der Waals surface area contributed by atoms with E-state index in [0.717, 1.165) is 41.3 Å². The predicted octanol–water partition coefficient (Wildman–Crippen LogP) is 6.26. The number of anilines is 3. The van der Waals surface area contributed by atoms with Gasteiger partial charge < -0.3 is 15.6 Å². The molecule has 0 radical (unpaired) electrons. The smallest absolute Gasteiger partial charge is 0.205 e. The van der Waals surface area contributed by atoms with E-state index in [-0.39, 0.29) is 0 Å². The molecule has 3 aromatic carbocycles. The Morgan fingerprint density at radius 2 is 1.64 bits per heavy atom. The fourth-order valence-corrected chi connectivity index (χ4v) is 3.25. The molecule has 4 aromatic rings. The van der Waals surface area contributed by atoms with Gasteiger partial charge in [0.2, 0.25) is 5.95 Å². The van der Waals surface area contributed by atoms with Gasteiger partial charge in [0.15, 0.2) is 0 Å². The Morgan fingerprint density at radius 1 is 0.857 bits per heavy atom. The van der Waals surface area contributed by atoms with Crippen molar-refractivity contribution < 1.29 is 0 Å². The second-order valence-corrected chi connectivity index (χ2v) is 7.08. The van der Waals surface area contributed by atoms with Gasteiger partial charge >= 0.3 is 0 Å². The van der Waals surface area contributed by atoms with Gasteiger partial charge in [-0.15, -0.1) is 0 Å². The zero-order valence-electron chi connectivity index (χ0n) is 16.2. The maximum absolute atomic E-state index is 4.64. The van der Waals surface area contributed by atoms with Crippen molar-refractivity contribution in [2.45, 2.75) is 32.7 Å². The van der Waals surface area contributed by atoms with Crippen molar-refractivity contribution in [2.75, 3.05) is 10.6 Å². The highest BCUT2D eigenvalue weighted by molar-refractivity contribution is 5.82. The van der Waals surface area contributed by atoms with E-state index in [0.29, 0.717) is 0 Å². The largest absolute Gasteiger partial charge is 0.381 e. The van der Waals surface area contributed by atoms with Gasteiger partial charge in [-0.25, -0.2) is 4.98 Å². The van der Waals surface area contributed by atoms with Crippen molar-refractivity contribution in [1.82, 2.24) is 9.97 Å². The summed E-state index contributed by atoms with van der Waals surface area (Å²) in [5.74, 6) is 0.761. The number of nitrogens with one attached hydrogen (secondary N) is 3. The zero-order chi connectivity index (χ0) is 19.2. The number of fused-ring (bicyclic) bond motifs is 1. The van der Waals surface area contributed by atoms with Crippen LogP contribution in [-0.2, 0) is 13.0 Å². The zero-order valence-corrected chi connectivity index (χ0v) is 16.2. The number of aromatic amines is 1. The molecule has 0 aliphatic heterocycles. The average molecular weight is 370 g/mol. The van der Waals surface area contributed by atoms with Crippen LogP contribution in [0.15, 0.2) is 72.8 Å². The van der Waals surface area contributed by atoms with Gasteiger partial charge in [-0.2, -0.15) is 0 Å². The van der Waals surface area contributed by atoms with E-state index in [1.165, 1.54) is 24.0 Å². The molecule has 0 aliphatic rings. The highest BCUT2D eigenvalue weighted by Gasteiger charge is 2.05. The SMILES string of the molecule is CCCCc1ccc(Nc2nc3ccc(NCc4ccccc4)cc3[nH]2)cc1. The van der Waals surface area contributed by atoms with Crippen LogP contribution in [0.5, 0.6) is 0 Å². The number of benzene rings is 3. The first kappa shape index (κ1) is 18.1. The summed E-state index contributed by atoms with van der Waals surface area (Å²) in [4.78, 5) is 8.01. The van der Waals surface area contributed by atoms with Gasteiger partial charge in [-0.1, -0.05) is 55.8 Å². The molecule has 0 aliphatic carbocycles. The van der Waals surface area contributed by atoms with Crippen molar-refractivity contribution in [1.29, 1.82) is 0 Å². The van der Waals surface area contributed by atoms with E-state index in [2.05, 4.69) is 88.2 Å². The summed E-state index contributed by atoms with van der Waals surface area (Å²) in [7, 11) is 0. The maximum Gasteiger partial charge on any atom is 0.205 e. The molecule has 0 spiro atoms. The Balaban J connectivity index is 1.42. The summed E-state index contributed by atoms with van der Waals surface area (Å²) in [5.41, 5.74) is 6.73. The molecule has 4 nitrogen and oxygen atoms in total. The van der Waals surface area contributed by atoms with Gasteiger partial charge in [0, 0.05) is 17.9 Å². The average Bonchev–Trinajstić information content (AvgIpc) is 3.14. The number of hydrogen-bond acceptors (Lipinski definition) is 3. The molecule has 28 heavy (non-hydrogen) atoms. The number of aromatic nitrogens is 2. The number of imidazole rings is 1. The monoisotopic (exact) mass is 370 g/mol. The molecule has 0 unspecified atom stereocenters. The van der Waals surface area contributed by atoms with E-state index in [1.807, 2.05) is 12.1 Å². The Bertz CT molecular complexity index is 1020. The van der Waals surface area contributed by atoms with E-state index in [1.54, 1.807) is 0 Å². The Morgan fingerprint density at radius 3 is 2.43 bits per heavy atom. The molecular formula is C24H26N4. The van der Waals surface area contributed by atoms with Crippen LogP contribution in [0.25, 0.3) is 11.0 Å². The molecule has 0 fully saturated rings. The molecule has 1 heterocycles. The van der Waals surface area contributed by atoms with E-state index >= 15 is 0 Å². The summed E-state index contributed by atoms with van der Waals surface area (Å²) in [6.07, 6.45) is 3.60. The molecule has 0 atom stereocenters. The molecule has 4 heteroatoms. The summed E-state index contributed by atoms with van der Waals surface area (Å²) in [6, 6.07) is 25.2. The fourth-order valence-electron chi connectivity index (χ4n) is 3.25. The molecule has 0 saturated carbocycles. The first-order valence-electron chi connectivity index (χ1n) is 9.94. The lowest BCUT2D eigenvalue weighted by Crippen LogP contribution is -1.98. The van der Waals surface area contributed by atoms with Crippen LogP contribution < -0.4 is 10.6 Å². The van der Waals surface area contributed by atoms with Crippen LogP contribution in [0.2, 0.25) is 0 Å².